The van der Waals surface area contributed by atoms with Crippen molar-refractivity contribution in [3.63, 3.8) is 0 Å². The normalized spacial score (nSPS) is 31.0. The van der Waals surface area contributed by atoms with Gasteiger partial charge in [-0.2, -0.15) is 4.99 Å². The highest BCUT2D eigenvalue weighted by molar-refractivity contribution is 8.16. The molecule has 3 fully saturated rings. The quantitative estimate of drug-likeness (QED) is 0.765. The summed E-state index contributed by atoms with van der Waals surface area (Å²) in [6.07, 6.45) is 1.11. The molecule has 0 bridgehead atoms. The van der Waals surface area contributed by atoms with Crippen LogP contribution in [-0.2, 0) is 19.4 Å². The van der Waals surface area contributed by atoms with Crippen molar-refractivity contribution in [1.82, 2.24) is 0 Å². The van der Waals surface area contributed by atoms with Crippen LogP contribution in [-0.4, -0.2) is 55.0 Å². The van der Waals surface area contributed by atoms with Gasteiger partial charge < -0.3 is 9.64 Å². The van der Waals surface area contributed by atoms with E-state index in [9.17, 15) is 13.2 Å². The van der Waals surface area contributed by atoms with E-state index in [1.807, 2.05) is 17.0 Å². The van der Waals surface area contributed by atoms with Crippen LogP contribution in [0.4, 0.5) is 5.69 Å². The topological polar surface area (TPSA) is 76.0 Å². The Hall–Kier alpha value is -1.38. The van der Waals surface area contributed by atoms with Crippen molar-refractivity contribution in [2.45, 2.75) is 50.0 Å². The SMILES string of the molecule is CC(C)c1ccc(N2C(=NC(=O)[C@@H]3CCCO3)S[C@@H]3CS(=O)(=O)C[C@H]32)cc1. The average molecular weight is 409 g/mol. The molecule has 3 aliphatic rings. The molecular weight excluding hydrogens is 384 g/mol. The van der Waals surface area contributed by atoms with Crippen molar-refractivity contribution in [3.8, 4) is 0 Å². The van der Waals surface area contributed by atoms with Crippen LogP contribution in [0.5, 0.6) is 0 Å². The molecule has 0 saturated carbocycles. The maximum atomic E-state index is 12.5. The van der Waals surface area contributed by atoms with Crippen LogP contribution >= 0.6 is 11.8 Å². The molecule has 1 aromatic rings. The summed E-state index contributed by atoms with van der Waals surface area (Å²) in [6, 6.07) is 7.92. The third-order valence-electron chi connectivity index (χ3n) is 5.32. The van der Waals surface area contributed by atoms with E-state index in [0.29, 0.717) is 24.1 Å². The fraction of sp³-hybridized carbons (Fsp3) is 0.579. The number of nitrogens with zero attached hydrogens (tertiary/aromatic N) is 2. The molecule has 6 nitrogen and oxygen atoms in total. The van der Waals surface area contributed by atoms with E-state index in [1.165, 1.54) is 17.3 Å². The number of anilines is 1. The van der Waals surface area contributed by atoms with Gasteiger partial charge in [-0.3, -0.25) is 4.79 Å². The number of amidine groups is 1. The number of ether oxygens (including phenoxy) is 1. The van der Waals surface area contributed by atoms with Crippen molar-refractivity contribution in [3.05, 3.63) is 29.8 Å². The molecule has 0 spiro atoms. The molecular formula is C19H24N2O4S2. The fourth-order valence-electron chi connectivity index (χ4n) is 3.82. The summed E-state index contributed by atoms with van der Waals surface area (Å²) in [7, 11) is -3.06. The Morgan fingerprint density at radius 2 is 2.00 bits per heavy atom. The van der Waals surface area contributed by atoms with Gasteiger partial charge in [0, 0.05) is 17.5 Å². The smallest absolute Gasteiger partial charge is 0.277 e. The van der Waals surface area contributed by atoms with E-state index in [4.69, 9.17) is 4.74 Å². The first-order chi connectivity index (χ1) is 12.8. The largest absolute Gasteiger partial charge is 0.368 e. The Kier molecular flexibility index (Phi) is 5.07. The zero-order valence-corrected chi connectivity index (χ0v) is 17.1. The standard InChI is InChI=1S/C19H24N2O4S2/c1-12(2)13-5-7-14(8-6-13)21-15-10-27(23,24)11-17(15)26-19(21)20-18(22)16-4-3-9-25-16/h5-8,12,15-17H,3-4,9-11H2,1-2H3/t15-,16+,17-/m1/s1. The number of aliphatic imine (C=N–C) groups is 1. The molecule has 0 N–H and O–H groups in total. The van der Waals surface area contributed by atoms with Gasteiger partial charge in [-0.05, 0) is 36.5 Å². The summed E-state index contributed by atoms with van der Waals surface area (Å²) in [5.74, 6) is 0.391. The van der Waals surface area contributed by atoms with Crippen molar-refractivity contribution >= 4 is 38.4 Å². The van der Waals surface area contributed by atoms with Crippen LogP contribution in [0.15, 0.2) is 29.3 Å². The number of rotatable bonds is 3. The fourth-order valence-corrected chi connectivity index (χ4v) is 7.74. The molecule has 146 valence electrons. The first kappa shape index (κ1) is 19.0. The molecule has 3 atom stereocenters. The minimum Gasteiger partial charge on any atom is -0.368 e. The number of fused-ring (bicyclic) bond motifs is 1. The number of sulfone groups is 1. The van der Waals surface area contributed by atoms with E-state index < -0.39 is 15.9 Å². The molecule has 4 rings (SSSR count). The van der Waals surface area contributed by atoms with Crippen LogP contribution in [0, 0.1) is 0 Å². The second kappa shape index (κ2) is 7.22. The summed E-state index contributed by atoms with van der Waals surface area (Å²) < 4.78 is 29.7. The zero-order valence-electron chi connectivity index (χ0n) is 15.5. The lowest BCUT2D eigenvalue weighted by molar-refractivity contribution is -0.126. The monoisotopic (exact) mass is 408 g/mol. The van der Waals surface area contributed by atoms with Gasteiger partial charge in [-0.15, -0.1) is 0 Å². The second-order valence-electron chi connectivity index (χ2n) is 7.65. The van der Waals surface area contributed by atoms with Crippen LogP contribution in [0.3, 0.4) is 0 Å². The molecule has 0 unspecified atom stereocenters. The average Bonchev–Trinajstić information content (AvgIpc) is 3.29. The van der Waals surface area contributed by atoms with Gasteiger partial charge in [-0.1, -0.05) is 37.7 Å². The van der Waals surface area contributed by atoms with Gasteiger partial charge in [0.15, 0.2) is 15.0 Å². The Labute approximate surface area is 164 Å². The molecule has 3 heterocycles. The predicted octanol–water partition coefficient (Wildman–Crippen LogP) is 2.59. The van der Waals surface area contributed by atoms with E-state index in [2.05, 4.69) is 31.0 Å². The van der Waals surface area contributed by atoms with Crippen LogP contribution in [0.1, 0.15) is 38.2 Å². The van der Waals surface area contributed by atoms with E-state index >= 15 is 0 Å². The van der Waals surface area contributed by atoms with Crippen LogP contribution < -0.4 is 4.90 Å². The Bertz CT molecular complexity index is 858. The Morgan fingerprint density at radius 3 is 2.63 bits per heavy atom. The van der Waals surface area contributed by atoms with Gasteiger partial charge in [-0.25, -0.2) is 8.42 Å². The molecule has 8 heteroatoms. The highest BCUT2D eigenvalue weighted by Crippen LogP contribution is 2.41. The number of carbonyl (C=O) groups is 1. The number of amides is 1. The minimum atomic E-state index is -3.06. The van der Waals surface area contributed by atoms with Crippen molar-refractivity contribution in [2.24, 2.45) is 4.99 Å². The molecule has 0 aliphatic carbocycles. The first-order valence-corrected chi connectivity index (χ1v) is 12.0. The summed E-state index contributed by atoms with van der Waals surface area (Å²) in [4.78, 5) is 18.8. The highest BCUT2D eigenvalue weighted by Gasteiger charge is 2.49. The lowest BCUT2D eigenvalue weighted by atomic mass is 10.0. The van der Waals surface area contributed by atoms with Gasteiger partial charge in [0.05, 0.1) is 17.5 Å². The van der Waals surface area contributed by atoms with Crippen LogP contribution in [0.2, 0.25) is 0 Å². The van der Waals surface area contributed by atoms with Crippen molar-refractivity contribution in [2.75, 3.05) is 23.0 Å². The maximum Gasteiger partial charge on any atom is 0.277 e. The third kappa shape index (κ3) is 3.79. The van der Waals surface area contributed by atoms with E-state index in [-0.39, 0.29) is 28.7 Å². The molecule has 1 amide bonds. The molecule has 27 heavy (non-hydrogen) atoms. The number of hydrogen-bond acceptors (Lipinski definition) is 5. The maximum absolute atomic E-state index is 12.5. The van der Waals surface area contributed by atoms with Crippen molar-refractivity contribution in [1.29, 1.82) is 0 Å². The van der Waals surface area contributed by atoms with Gasteiger partial charge in [0.1, 0.15) is 6.10 Å². The highest BCUT2D eigenvalue weighted by atomic mass is 32.2. The summed E-state index contributed by atoms with van der Waals surface area (Å²) >= 11 is 1.40. The zero-order chi connectivity index (χ0) is 19.2. The minimum absolute atomic E-state index is 0.0872. The number of thioether (sulfide) groups is 1. The summed E-state index contributed by atoms with van der Waals surface area (Å²) in [6.45, 7) is 4.86. The van der Waals surface area contributed by atoms with Gasteiger partial charge in [0.25, 0.3) is 5.91 Å². The third-order valence-corrected chi connectivity index (χ3v) is 8.53. The lowest BCUT2D eigenvalue weighted by Crippen LogP contribution is -2.38. The molecule has 3 saturated heterocycles. The van der Waals surface area contributed by atoms with E-state index in [0.717, 1.165) is 12.1 Å². The molecule has 1 aromatic carbocycles. The van der Waals surface area contributed by atoms with Gasteiger partial charge >= 0.3 is 0 Å². The lowest BCUT2D eigenvalue weighted by Gasteiger charge is -2.25. The molecule has 3 aliphatic heterocycles. The second-order valence-corrected chi connectivity index (χ2v) is 11.0. The molecule has 0 aromatic heterocycles. The van der Waals surface area contributed by atoms with Gasteiger partial charge in [0.2, 0.25) is 0 Å². The number of carbonyl (C=O) groups excluding carboxylic acids is 1. The predicted molar refractivity (Wildman–Crippen MR) is 108 cm³/mol. The summed E-state index contributed by atoms with van der Waals surface area (Å²) in [5, 5.41) is 0.508. The van der Waals surface area contributed by atoms with Crippen LogP contribution in [0.25, 0.3) is 0 Å². The van der Waals surface area contributed by atoms with E-state index in [1.54, 1.807) is 0 Å². The summed E-state index contributed by atoms with van der Waals surface area (Å²) in [5.41, 5.74) is 2.10. The Balaban J connectivity index is 1.66. The molecule has 0 radical (unpaired) electrons. The Morgan fingerprint density at radius 1 is 1.26 bits per heavy atom. The number of benzene rings is 1. The van der Waals surface area contributed by atoms with Crippen molar-refractivity contribution < 1.29 is 17.9 Å². The number of hydrogen-bond donors (Lipinski definition) is 0. The first-order valence-electron chi connectivity index (χ1n) is 9.34.